The molecule has 0 amide bonds. The van der Waals surface area contributed by atoms with Crippen LogP contribution in [0.1, 0.15) is 13.8 Å². The average molecular weight is 237 g/mol. The Kier molecular flexibility index (Phi) is 3.52. The number of hydrogen-bond acceptors (Lipinski definition) is 1. The number of hydrogen-bond donors (Lipinski definition) is 1. The van der Waals surface area contributed by atoms with E-state index in [4.69, 9.17) is 11.6 Å². The summed E-state index contributed by atoms with van der Waals surface area (Å²) in [6.45, 7) is 6.22. The van der Waals surface area contributed by atoms with E-state index in [0.29, 0.717) is 6.04 Å². The summed E-state index contributed by atoms with van der Waals surface area (Å²) < 4.78 is 2.20. The molecule has 2 nitrogen and oxygen atoms in total. The van der Waals surface area contributed by atoms with Crippen molar-refractivity contribution in [3.8, 4) is 0 Å². The molecule has 0 unspecified atom stereocenters. The van der Waals surface area contributed by atoms with Crippen molar-refractivity contribution in [1.29, 1.82) is 0 Å². The fourth-order valence-corrected chi connectivity index (χ4v) is 2.16. The van der Waals surface area contributed by atoms with Crippen molar-refractivity contribution in [3.05, 3.63) is 35.5 Å². The second-order valence-corrected chi connectivity index (χ2v) is 4.70. The molecule has 2 rings (SSSR count). The van der Waals surface area contributed by atoms with E-state index >= 15 is 0 Å². The zero-order valence-corrected chi connectivity index (χ0v) is 10.5. The van der Waals surface area contributed by atoms with Crippen LogP contribution in [0.15, 0.2) is 30.5 Å². The highest BCUT2D eigenvalue weighted by Gasteiger charge is 2.04. The molecule has 1 N–H and O–H groups in total. The number of aromatic nitrogens is 1. The van der Waals surface area contributed by atoms with Gasteiger partial charge in [-0.3, -0.25) is 0 Å². The van der Waals surface area contributed by atoms with Gasteiger partial charge in [0.1, 0.15) is 0 Å². The summed E-state index contributed by atoms with van der Waals surface area (Å²) in [5.41, 5.74) is 1.13. The Bertz CT molecular complexity index is 474. The fraction of sp³-hybridized carbons (Fsp3) is 0.385. The monoisotopic (exact) mass is 236 g/mol. The van der Waals surface area contributed by atoms with Gasteiger partial charge in [-0.05, 0) is 12.1 Å². The molecule has 0 fully saturated rings. The number of benzene rings is 1. The molecule has 16 heavy (non-hydrogen) atoms. The second kappa shape index (κ2) is 4.89. The van der Waals surface area contributed by atoms with Crippen molar-refractivity contribution in [2.24, 2.45) is 0 Å². The Hall–Kier alpha value is -0.990. The first-order valence-corrected chi connectivity index (χ1v) is 6.03. The van der Waals surface area contributed by atoms with E-state index in [1.54, 1.807) is 0 Å². The van der Waals surface area contributed by atoms with Crippen LogP contribution in [0.4, 0.5) is 0 Å². The molecule has 0 atom stereocenters. The lowest BCUT2D eigenvalue weighted by Crippen LogP contribution is -2.26. The zero-order valence-electron chi connectivity index (χ0n) is 9.70. The van der Waals surface area contributed by atoms with Gasteiger partial charge >= 0.3 is 0 Å². The lowest BCUT2D eigenvalue weighted by Gasteiger charge is -2.10. The van der Waals surface area contributed by atoms with Crippen molar-refractivity contribution in [3.63, 3.8) is 0 Å². The van der Waals surface area contributed by atoms with Crippen molar-refractivity contribution in [2.45, 2.75) is 26.4 Å². The Balaban J connectivity index is 2.18. The van der Waals surface area contributed by atoms with Crippen molar-refractivity contribution in [1.82, 2.24) is 9.88 Å². The van der Waals surface area contributed by atoms with Gasteiger partial charge in [0.2, 0.25) is 0 Å². The first-order chi connectivity index (χ1) is 7.68. The SMILES string of the molecule is CC(C)NCCn1ccc2cccc(Cl)c21. The van der Waals surface area contributed by atoms with Gasteiger partial charge < -0.3 is 9.88 Å². The Morgan fingerprint density at radius 3 is 2.88 bits per heavy atom. The van der Waals surface area contributed by atoms with Gasteiger partial charge in [-0.25, -0.2) is 0 Å². The molecule has 0 saturated carbocycles. The summed E-state index contributed by atoms with van der Waals surface area (Å²) in [4.78, 5) is 0. The number of nitrogens with zero attached hydrogens (tertiary/aromatic N) is 1. The van der Waals surface area contributed by atoms with Crippen LogP contribution in [-0.4, -0.2) is 17.2 Å². The van der Waals surface area contributed by atoms with E-state index in [1.807, 2.05) is 12.1 Å². The van der Waals surface area contributed by atoms with Gasteiger partial charge in [0.15, 0.2) is 0 Å². The van der Waals surface area contributed by atoms with Crippen molar-refractivity contribution < 1.29 is 0 Å². The Morgan fingerprint density at radius 2 is 2.12 bits per heavy atom. The Labute approximate surface area is 101 Å². The van der Waals surface area contributed by atoms with E-state index < -0.39 is 0 Å². The minimum atomic E-state index is 0.525. The standard InChI is InChI=1S/C13H17ClN2/c1-10(2)15-7-9-16-8-6-11-4-3-5-12(14)13(11)16/h3-6,8,10,15H,7,9H2,1-2H3. The molecule has 0 aliphatic heterocycles. The summed E-state index contributed by atoms with van der Waals surface area (Å²) in [6, 6.07) is 8.65. The van der Waals surface area contributed by atoms with Gasteiger partial charge in [-0.2, -0.15) is 0 Å². The molecule has 1 aromatic carbocycles. The number of para-hydroxylation sites is 1. The van der Waals surface area contributed by atoms with E-state index in [1.165, 1.54) is 5.39 Å². The maximum atomic E-state index is 6.20. The predicted molar refractivity (Wildman–Crippen MR) is 70.1 cm³/mol. The largest absolute Gasteiger partial charge is 0.345 e. The van der Waals surface area contributed by atoms with Crippen LogP contribution >= 0.6 is 11.6 Å². The van der Waals surface area contributed by atoms with E-state index in [2.05, 4.69) is 42.1 Å². The molecule has 0 aliphatic rings. The van der Waals surface area contributed by atoms with E-state index in [9.17, 15) is 0 Å². The van der Waals surface area contributed by atoms with E-state index in [-0.39, 0.29) is 0 Å². The number of halogens is 1. The molecule has 2 aromatic rings. The smallest absolute Gasteiger partial charge is 0.0670 e. The first-order valence-electron chi connectivity index (χ1n) is 5.65. The maximum absolute atomic E-state index is 6.20. The van der Waals surface area contributed by atoms with E-state index in [0.717, 1.165) is 23.6 Å². The highest BCUT2D eigenvalue weighted by Crippen LogP contribution is 2.23. The fourth-order valence-electron chi connectivity index (χ4n) is 1.87. The van der Waals surface area contributed by atoms with Crippen LogP contribution in [0.2, 0.25) is 5.02 Å². The molecule has 0 radical (unpaired) electrons. The number of fused-ring (bicyclic) bond motifs is 1. The third-order valence-electron chi connectivity index (χ3n) is 2.64. The topological polar surface area (TPSA) is 17.0 Å². The molecule has 0 bridgehead atoms. The van der Waals surface area contributed by atoms with Gasteiger partial charge in [0.05, 0.1) is 10.5 Å². The highest BCUT2D eigenvalue weighted by molar-refractivity contribution is 6.35. The summed E-state index contributed by atoms with van der Waals surface area (Å²) >= 11 is 6.20. The van der Waals surface area contributed by atoms with Crippen molar-refractivity contribution >= 4 is 22.5 Å². The van der Waals surface area contributed by atoms with Crippen LogP contribution in [0, 0.1) is 0 Å². The minimum absolute atomic E-state index is 0.525. The third kappa shape index (κ3) is 2.39. The van der Waals surface area contributed by atoms with Crippen LogP contribution in [0.5, 0.6) is 0 Å². The minimum Gasteiger partial charge on any atom is -0.345 e. The van der Waals surface area contributed by atoms with Gasteiger partial charge in [-0.1, -0.05) is 37.6 Å². The third-order valence-corrected chi connectivity index (χ3v) is 2.95. The maximum Gasteiger partial charge on any atom is 0.0670 e. The van der Waals surface area contributed by atoms with Gasteiger partial charge in [0.25, 0.3) is 0 Å². The van der Waals surface area contributed by atoms with Crippen LogP contribution in [0.25, 0.3) is 10.9 Å². The average Bonchev–Trinajstić information content (AvgIpc) is 2.62. The lowest BCUT2D eigenvalue weighted by atomic mass is 10.2. The van der Waals surface area contributed by atoms with Gasteiger partial charge in [0, 0.05) is 30.7 Å². The predicted octanol–water partition coefficient (Wildman–Crippen LogP) is 3.29. The molecule has 3 heteroatoms. The summed E-state index contributed by atoms with van der Waals surface area (Å²) in [6.07, 6.45) is 2.10. The summed E-state index contributed by atoms with van der Waals surface area (Å²) in [7, 11) is 0. The molecule has 1 aromatic heterocycles. The zero-order chi connectivity index (χ0) is 11.5. The highest BCUT2D eigenvalue weighted by atomic mass is 35.5. The molecule has 0 aliphatic carbocycles. The molecule has 86 valence electrons. The first kappa shape index (κ1) is 11.5. The normalized spacial score (nSPS) is 11.5. The van der Waals surface area contributed by atoms with Crippen LogP contribution < -0.4 is 5.32 Å². The number of rotatable bonds is 4. The molecule has 0 spiro atoms. The summed E-state index contributed by atoms with van der Waals surface area (Å²) in [5.74, 6) is 0. The lowest BCUT2D eigenvalue weighted by molar-refractivity contribution is 0.548. The molecular weight excluding hydrogens is 220 g/mol. The van der Waals surface area contributed by atoms with Crippen molar-refractivity contribution in [2.75, 3.05) is 6.54 Å². The van der Waals surface area contributed by atoms with Crippen LogP contribution in [-0.2, 0) is 6.54 Å². The molecule has 0 saturated heterocycles. The molecule has 1 heterocycles. The summed E-state index contributed by atoms with van der Waals surface area (Å²) in [5, 5.41) is 5.44. The Morgan fingerprint density at radius 1 is 1.31 bits per heavy atom. The van der Waals surface area contributed by atoms with Gasteiger partial charge in [-0.15, -0.1) is 0 Å². The van der Waals surface area contributed by atoms with Crippen LogP contribution in [0.3, 0.4) is 0 Å². The number of nitrogens with one attached hydrogen (secondary N) is 1. The quantitative estimate of drug-likeness (QED) is 0.862. The second-order valence-electron chi connectivity index (χ2n) is 4.30. The molecular formula is C13H17ClN2.